The van der Waals surface area contributed by atoms with Crippen LogP contribution in [0.1, 0.15) is 27.7 Å². The van der Waals surface area contributed by atoms with Crippen LogP contribution in [0.3, 0.4) is 0 Å². The molecule has 2 rings (SSSR count). The van der Waals surface area contributed by atoms with Crippen LogP contribution >= 0.6 is 0 Å². The average Bonchev–Trinajstić information content (AvgIpc) is 2.52. The van der Waals surface area contributed by atoms with E-state index in [1.54, 1.807) is 0 Å². The zero-order chi connectivity index (χ0) is 17.6. The lowest BCUT2D eigenvalue weighted by atomic mass is 10.3. The number of hydrogen-bond acceptors (Lipinski definition) is 7. The van der Waals surface area contributed by atoms with Gasteiger partial charge in [0.1, 0.15) is 12.2 Å². The second-order valence-electron chi connectivity index (χ2n) is 6.81. The fourth-order valence-electron chi connectivity index (χ4n) is 2.23. The van der Waals surface area contributed by atoms with E-state index in [2.05, 4.69) is 10.0 Å². The predicted octanol–water partition coefficient (Wildman–Crippen LogP) is 2.00. The molecule has 0 atom stereocenters. The third-order valence-corrected chi connectivity index (χ3v) is 3.73. The lowest BCUT2D eigenvalue weighted by molar-refractivity contribution is -0.283. The molecule has 138 valence electrons. The Bertz CT molecular complexity index is 400. The van der Waals surface area contributed by atoms with Crippen molar-refractivity contribution in [2.75, 3.05) is 39.6 Å². The Hall–Kier alpha value is -0.930. The van der Waals surface area contributed by atoms with E-state index in [1.165, 1.54) is 0 Å². The molecule has 2 aliphatic rings. The van der Waals surface area contributed by atoms with Crippen molar-refractivity contribution in [2.45, 2.75) is 57.5 Å². The van der Waals surface area contributed by atoms with Gasteiger partial charge in [-0.1, -0.05) is 5.11 Å². The van der Waals surface area contributed by atoms with Gasteiger partial charge in [0.05, 0.1) is 45.7 Å². The van der Waals surface area contributed by atoms with Gasteiger partial charge < -0.3 is 28.4 Å². The summed E-state index contributed by atoms with van der Waals surface area (Å²) in [6.07, 6.45) is -0.367. The minimum absolute atomic E-state index is 0.184. The summed E-state index contributed by atoms with van der Waals surface area (Å²) < 4.78 is 33.5. The molecule has 24 heavy (non-hydrogen) atoms. The highest BCUT2D eigenvalue weighted by Crippen LogP contribution is 2.20. The number of rotatable bonds is 7. The third-order valence-electron chi connectivity index (χ3n) is 3.73. The first kappa shape index (κ1) is 19.4. The van der Waals surface area contributed by atoms with Gasteiger partial charge in [-0.25, -0.2) is 0 Å². The summed E-state index contributed by atoms with van der Waals surface area (Å²) >= 11 is 0. The first-order valence-corrected chi connectivity index (χ1v) is 8.13. The molecule has 0 aromatic heterocycles. The lowest BCUT2D eigenvalue weighted by Crippen LogP contribution is -2.45. The topological polar surface area (TPSA) is 104 Å². The van der Waals surface area contributed by atoms with E-state index in [-0.39, 0.29) is 25.4 Å². The number of azide groups is 1. The molecule has 9 nitrogen and oxygen atoms in total. The molecule has 2 heterocycles. The summed E-state index contributed by atoms with van der Waals surface area (Å²) in [5.74, 6) is -1.16. The smallest absolute Gasteiger partial charge is 0.163 e. The highest BCUT2D eigenvalue weighted by Gasteiger charge is 2.30. The monoisotopic (exact) mass is 345 g/mol. The Morgan fingerprint density at radius 2 is 1.29 bits per heavy atom. The molecule has 0 saturated carbocycles. The normalized spacial score (nSPS) is 24.7. The second-order valence-corrected chi connectivity index (χ2v) is 6.81. The van der Waals surface area contributed by atoms with Gasteiger partial charge in [-0.15, -0.1) is 0 Å². The van der Waals surface area contributed by atoms with E-state index in [1.807, 2.05) is 27.7 Å². The SMILES string of the molecule is CC1(C)OCC(OCC(COC2COC(C)(C)OC2)N=[N+]=[N-])CO1. The molecule has 9 heteroatoms. The minimum atomic E-state index is -0.581. The molecule has 0 bridgehead atoms. The number of ether oxygens (including phenoxy) is 6. The van der Waals surface area contributed by atoms with Gasteiger partial charge in [-0.05, 0) is 33.2 Å². The van der Waals surface area contributed by atoms with E-state index in [0.29, 0.717) is 26.4 Å². The summed E-state index contributed by atoms with van der Waals surface area (Å²) in [4.78, 5) is 2.85. The van der Waals surface area contributed by atoms with E-state index in [4.69, 9.17) is 34.0 Å². The maximum absolute atomic E-state index is 8.70. The molecule has 0 N–H and O–H groups in total. The largest absolute Gasteiger partial charge is 0.373 e. The quantitative estimate of drug-likeness (QED) is 0.397. The Balaban J connectivity index is 1.69. The first-order chi connectivity index (χ1) is 11.3. The van der Waals surface area contributed by atoms with Crippen molar-refractivity contribution >= 4 is 0 Å². The first-order valence-electron chi connectivity index (χ1n) is 8.13. The van der Waals surface area contributed by atoms with Crippen molar-refractivity contribution in [3.63, 3.8) is 0 Å². The standard InChI is InChI=1S/C15H27N3O6/c1-14(2)21-7-12(8-22-14)19-5-11(17-18-16)6-20-13-9-23-15(3,4)24-10-13/h11-13H,5-10H2,1-4H3. The summed E-state index contributed by atoms with van der Waals surface area (Å²) in [5, 5.41) is 3.72. The van der Waals surface area contributed by atoms with Gasteiger partial charge in [0.15, 0.2) is 11.6 Å². The molecule has 2 fully saturated rings. The Labute approximate surface area is 142 Å². The van der Waals surface area contributed by atoms with Gasteiger partial charge in [0.2, 0.25) is 0 Å². The highest BCUT2D eigenvalue weighted by molar-refractivity contribution is 4.73. The van der Waals surface area contributed by atoms with Crippen molar-refractivity contribution in [1.82, 2.24) is 0 Å². The molecule has 0 spiro atoms. The Morgan fingerprint density at radius 3 is 1.62 bits per heavy atom. The molecule has 2 saturated heterocycles. The number of hydrogen-bond donors (Lipinski definition) is 0. The third kappa shape index (κ3) is 6.52. The fraction of sp³-hybridized carbons (Fsp3) is 1.00. The Kier molecular flexibility index (Phi) is 6.82. The van der Waals surface area contributed by atoms with Crippen LogP contribution in [0, 0.1) is 0 Å². The van der Waals surface area contributed by atoms with Crippen molar-refractivity contribution < 1.29 is 28.4 Å². The van der Waals surface area contributed by atoms with Crippen molar-refractivity contribution in [3.8, 4) is 0 Å². The molecular weight excluding hydrogens is 318 g/mol. The van der Waals surface area contributed by atoms with Crippen LogP contribution in [-0.2, 0) is 28.4 Å². The maximum atomic E-state index is 8.70. The second kappa shape index (κ2) is 8.44. The van der Waals surface area contributed by atoms with Crippen molar-refractivity contribution in [2.24, 2.45) is 5.11 Å². The van der Waals surface area contributed by atoms with Crippen LogP contribution in [0.5, 0.6) is 0 Å². The van der Waals surface area contributed by atoms with E-state index >= 15 is 0 Å². The molecule has 0 radical (unpaired) electrons. The van der Waals surface area contributed by atoms with Gasteiger partial charge in [-0.2, -0.15) is 0 Å². The summed E-state index contributed by atoms with van der Waals surface area (Å²) in [6.45, 7) is 9.66. The van der Waals surface area contributed by atoms with E-state index in [0.717, 1.165) is 0 Å². The zero-order valence-electron chi connectivity index (χ0n) is 14.8. The van der Waals surface area contributed by atoms with Gasteiger partial charge >= 0.3 is 0 Å². The van der Waals surface area contributed by atoms with Crippen LogP contribution in [0.15, 0.2) is 5.11 Å². The fourth-order valence-corrected chi connectivity index (χ4v) is 2.23. The molecule has 2 aliphatic heterocycles. The summed E-state index contributed by atoms with van der Waals surface area (Å²) in [6, 6.07) is -0.431. The van der Waals surface area contributed by atoms with Crippen LogP contribution in [0.2, 0.25) is 0 Å². The van der Waals surface area contributed by atoms with E-state index in [9.17, 15) is 0 Å². The molecular formula is C15H27N3O6. The molecule has 0 aromatic rings. The average molecular weight is 345 g/mol. The lowest BCUT2D eigenvalue weighted by Gasteiger charge is -2.35. The van der Waals surface area contributed by atoms with Crippen LogP contribution in [0.4, 0.5) is 0 Å². The van der Waals surface area contributed by atoms with Gasteiger partial charge in [0.25, 0.3) is 0 Å². The van der Waals surface area contributed by atoms with Crippen LogP contribution in [-0.4, -0.2) is 69.5 Å². The van der Waals surface area contributed by atoms with E-state index < -0.39 is 17.6 Å². The Morgan fingerprint density at radius 1 is 0.917 bits per heavy atom. The van der Waals surface area contributed by atoms with Crippen LogP contribution < -0.4 is 0 Å². The van der Waals surface area contributed by atoms with Crippen molar-refractivity contribution in [3.05, 3.63) is 10.4 Å². The zero-order valence-corrected chi connectivity index (χ0v) is 14.8. The maximum Gasteiger partial charge on any atom is 0.163 e. The van der Waals surface area contributed by atoms with Crippen LogP contribution in [0.25, 0.3) is 10.4 Å². The predicted molar refractivity (Wildman–Crippen MR) is 84.4 cm³/mol. The molecule has 0 aromatic carbocycles. The molecule has 0 amide bonds. The van der Waals surface area contributed by atoms with Gasteiger partial charge in [0, 0.05) is 4.91 Å². The number of nitrogens with zero attached hydrogens (tertiary/aromatic N) is 3. The summed E-state index contributed by atoms with van der Waals surface area (Å²) in [5.41, 5.74) is 8.70. The minimum Gasteiger partial charge on any atom is -0.373 e. The summed E-state index contributed by atoms with van der Waals surface area (Å²) in [7, 11) is 0. The molecule has 0 aliphatic carbocycles. The molecule has 0 unspecified atom stereocenters. The van der Waals surface area contributed by atoms with Crippen molar-refractivity contribution in [1.29, 1.82) is 0 Å². The van der Waals surface area contributed by atoms with Gasteiger partial charge in [-0.3, -0.25) is 0 Å². The highest BCUT2D eigenvalue weighted by atomic mass is 16.7.